The van der Waals surface area contributed by atoms with E-state index in [2.05, 4.69) is 20.9 Å². The Morgan fingerprint density at radius 3 is 2.61 bits per heavy atom. The van der Waals surface area contributed by atoms with E-state index in [1.165, 1.54) is 0 Å². The van der Waals surface area contributed by atoms with E-state index in [0.717, 1.165) is 0 Å². The molecule has 0 aromatic heterocycles. The largest absolute Gasteiger partial charge is 0.394 e. The molecule has 3 N–H and O–H groups in total. The van der Waals surface area contributed by atoms with Crippen LogP contribution in [0.25, 0.3) is 4.95 Å². The molecule has 28 heavy (non-hydrogen) atoms. The first-order valence-corrected chi connectivity index (χ1v) is 8.91. The van der Waals surface area contributed by atoms with E-state index in [4.69, 9.17) is 25.5 Å². The molecule has 0 saturated carbocycles. The van der Waals surface area contributed by atoms with E-state index in [0.29, 0.717) is 31.4 Å². The number of methoxy groups -OCH3 is 1. The summed E-state index contributed by atoms with van der Waals surface area (Å²) in [6.45, 7) is 8.82. The molecule has 0 spiro atoms. The van der Waals surface area contributed by atoms with Crippen molar-refractivity contribution in [2.75, 3.05) is 40.1 Å². The molecule has 4 rings (SSSR count). The maximum absolute atomic E-state index is 13.2. The Morgan fingerprint density at radius 1 is 1.25 bits per heavy atom. The van der Waals surface area contributed by atoms with Crippen molar-refractivity contribution in [2.24, 2.45) is 5.92 Å². The number of carbonyl (C=O) groups excluding carboxylic acids is 3. The lowest BCUT2D eigenvalue weighted by Gasteiger charge is -2.49. The Labute approximate surface area is 160 Å². The molecule has 5 amide bonds. The predicted molar refractivity (Wildman–Crippen MR) is 89.4 cm³/mol. The van der Waals surface area contributed by atoms with Gasteiger partial charge in [-0.15, -0.1) is 4.95 Å². The second-order valence-electron chi connectivity index (χ2n) is 7.15. The van der Waals surface area contributed by atoms with Crippen LogP contribution in [0.1, 0.15) is 6.42 Å². The smallest absolute Gasteiger partial charge is 0.382 e. The summed E-state index contributed by atoms with van der Waals surface area (Å²) in [5, 5.41) is 8.51. The summed E-state index contributed by atoms with van der Waals surface area (Å²) < 4.78 is 21.4. The molecular weight excluding hydrogens is 374 g/mol. The molecule has 0 bridgehead atoms. The van der Waals surface area contributed by atoms with Crippen LogP contribution < -0.4 is 16.0 Å². The first-order valence-electron chi connectivity index (χ1n) is 8.91. The zero-order valence-corrected chi connectivity index (χ0v) is 15.2. The fourth-order valence-corrected chi connectivity index (χ4v) is 4.04. The second-order valence-corrected chi connectivity index (χ2v) is 7.15. The van der Waals surface area contributed by atoms with Crippen LogP contribution in [0.5, 0.6) is 0 Å². The number of ether oxygens (including phenoxy) is 4. The highest BCUT2D eigenvalue weighted by molar-refractivity contribution is 6.08. The van der Waals surface area contributed by atoms with Gasteiger partial charge >= 0.3 is 18.0 Å². The number of hydrogen-bond donors (Lipinski definition) is 3. The summed E-state index contributed by atoms with van der Waals surface area (Å²) in [6, 6.07) is -1.53. The van der Waals surface area contributed by atoms with Crippen molar-refractivity contribution < 1.29 is 33.3 Å². The number of rotatable bonds is 9. The van der Waals surface area contributed by atoms with Gasteiger partial charge in [0, 0.05) is 13.5 Å². The molecule has 0 radical (unpaired) electrons. The van der Waals surface area contributed by atoms with Gasteiger partial charge in [0.05, 0.1) is 56.2 Å². The summed E-state index contributed by atoms with van der Waals surface area (Å²) in [4.78, 5) is 41.2. The number of amides is 5. The van der Waals surface area contributed by atoms with Gasteiger partial charge < -0.3 is 34.9 Å². The monoisotopic (exact) mass is 395 g/mol. The van der Waals surface area contributed by atoms with Crippen LogP contribution in [0.2, 0.25) is 0 Å². The molecule has 12 nitrogen and oxygen atoms in total. The van der Waals surface area contributed by atoms with Crippen molar-refractivity contribution in [1.29, 1.82) is 0 Å². The maximum atomic E-state index is 13.2. The minimum absolute atomic E-state index is 0.106. The predicted octanol–water partition coefficient (Wildman–Crippen LogP) is -1.41. The number of nitrogens with zero attached hydrogens (tertiary/aromatic N) is 2. The van der Waals surface area contributed by atoms with Gasteiger partial charge in [-0.3, -0.25) is 4.79 Å². The lowest BCUT2D eigenvalue weighted by Crippen LogP contribution is -2.83. The molecule has 0 aromatic rings. The van der Waals surface area contributed by atoms with Crippen molar-refractivity contribution in [3.8, 4) is 0 Å². The molecule has 12 heteroatoms. The Bertz CT molecular complexity index is 733. The number of nitrogens with one attached hydrogen (secondary N) is 3. The topological polar surface area (TPSA) is 138 Å². The number of epoxide rings is 2. The van der Waals surface area contributed by atoms with Gasteiger partial charge in [0.1, 0.15) is 0 Å². The Morgan fingerprint density at radius 2 is 2.00 bits per heavy atom. The number of hydrogen-bond acceptors (Lipinski definition) is 7. The number of fused-ring (bicyclic) bond motifs is 1. The van der Waals surface area contributed by atoms with Crippen LogP contribution >= 0.6 is 0 Å². The molecule has 5 unspecified atom stereocenters. The van der Waals surface area contributed by atoms with Gasteiger partial charge in [-0.25, -0.2) is 9.59 Å². The van der Waals surface area contributed by atoms with Crippen LogP contribution in [0.3, 0.4) is 0 Å². The molecule has 5 atom stereocenters. The third kappa shape index (κ3) is 2.87. The first-order chi connectivity index (χ1) is 13.5. The fourth-order valence-electron chi connectivity index (χ4n) is 4.04. The van der Waals surface area contributed by atoms with Crippen molar-refractivity contribution >= 4 is 18.0 Å². The molecular formula is C16H21N5O7. The standard InChI is InChI=1S/C16H21N5O7/c1-17-21-12(22)15(5-9-6-27-9)16(20-14(21)24,19-13(23)18-15)10(11-8-28-11)7-26-4-3-25-2/h9-11H,3-8H2,2H3,(H,20,24)(H2,18,19,23). The highest BCUT2D eigenvalue weighted by atomic mass is 16.6. The number of carbonyl (C=O) groups is 3. The van der Waals surface area contributed by atoms with Crippen LogP contribution in [-0.2, 0) is 23.7 Å². The van der Waals surface area contributed by atoms with Crippen LogP contribution in [0.15, 0.2) is 0 Å². The average Bonchev–Trinajstić information content (AvgIpc) is 3.55. The quantitative estimate of drug-likeness (QED) is 0.248. The molecule has 4 saturated heterocycles. The SMILES string of the molecule is [C-]#[N+]N1C(=O)NC2(C(COCCOC)C3CO3)NC(=O)NC2(CC2CO2)C1=O. The Kier molecular flexibility index (Phi) is 4.62. The van der Waals surface area contributed by atoms with Gasteiger partial charge in [0.2, 0.25) is 0 Å². The average molecular weight is 395 g/mol. The van der Waals surface area contributed by atoms with Crippen molar-refractivity contribution in [3.05, 3.63) is 11.5 Å². The van der Waals surface area contributed by atoms with E-state index < -0.39 is 35.1 Å². The van der Waals surface area contributed by atoms with Crippen molar-refractivity contribution in [2.45, 2.75) is 29.8 Å². The highest BCUT2D eigenvalue weighted by Gasteiger charge is 2.75. The number of urea groups is 2. The van der Waals surface area contributed by atoms with E-state index in [-0.39, 0.29) is 25.2 Å². The summed E-state index contributed by atoms with van der Waals surface area (Å²) in [5.41, 5.74) is -3.11. The summed E-state index contributed by atoms with van der Waals surface area (Å²) >= 11 is 0. The summed E-state index contributed by atoms with van der Waals surface area (Å²) in [5.74, 6) is -1.37. The molecule has 4 fully saturated rings. The highest BCUT2D eigenvalue weighted by Crippen LogP contribution is 2.45. The van der Waals surface area contributed by atoms with Gasteiger partial charge in [-0.2, -0.15) is 6.57 Å². The van der Waals surface area contributed by atoms with E-state index in [1.54, 1.807) is 7.11 Å². The fraction of sp³-hybridized carbons (Fsp3) is 0.750. The molecule has 4 aliphatic heterocycles. The van der Waals surface area contributed by atoms with Crippen LogP contribution in [0, 0.1) is 12.5 Å². The molecule has 4 heterocycles. The summed E-state index contributed by atoms with van der Waals surface area (Å²) in [6.07, 6.45) is -0.478. The Hall–Kier alpha value is -2.46. The molecule has 152 valence electrons. The maximum Gasteiger partial charge on any atom is 0.394 e. The van der Waals surface area contributed by atoms with E-state index in [1.807, 2.05) is 0 Å². The third-order valence-electron chi connectivity index (χ3n) is 5.49. The van der Waals surface area contributed by atoms with Crippen molar-refractivity contribution in [3.63, 3.8) is 0 Å². The Balaban J connectivity index is 1.73. The zero-order chi connectivity index (χ0) is 19.9. The van der Waals surface area contributed by atoms with Crippen LogP contribution in [-0.4, -0.2) is 86.5 Å². The third-order valence-corrected chi connectivity index (χ3v) is 5.49. The van der Waals surface area contributed by atoms with E-state index in [9.17, 15) is 14.4 Å². The minimum Gasteiger partial charge on any atom is -0.382 e. The van der Waals surface area contributed by atoms with Gasteiger partial charge in [-0.05, 0) is 0 Å². The lowest BCUT2D eigenvalue weighted by atomic mass is 9.70. The van der Waals surface area contributed by atoms with E-state index >= 15 is 0 Å². The normalized spacial score (nSPS) is 36.7. The molecule has 0 aromatic carbocycles. The van der Waals surface area contributed by atoms with Gasteiger partial charge in [0.15, 0.2) is 11.2 Å². The molecule has 0 aliphatic carbocycles. The van der Waals surface area contributed by atoms with Gasteiger partial charge in [0.25, 0.3) is 0 Å². The first kappa shape index (κ1) is 18.9. The van der Waals surface area contributed by atoms with Crippen molar-refractivity contribution in [1.82, 2.24) is 21.0 Å². The second kappa shape index (κ2) is 6.85. The minimum atomic E-state index is -1.59. The molecule has 4 aliphatic rings. The van der Waals surface area contributed by atoms with Crippen LogP contribution in [0.4, 0.5) is 9.59 Å². The number of imide groups is 1. The lowest BCUT2D eigenvalue weighted by molar-refractivity contribution is -0.142. The van der Waals surface area contributed by atoms with Gasteiger partial charge in [-0.1, -0.05) is 0 Å². The zero-order valence-electron chi connectivity index (χ0n) is 15.2. The summed E-state index contributed by atoms with van der Waals surface area (Å²) in [7, 11) is 1.55.